The minimum Gasteiger partial charge on any atom is -0.337 e. The van der Waals surface area contributed by atoms with Crippen LogP contribution in [0.4, 0.5) is 4.79 Å². The third-order valence-electron chi connectivity index (χ3n) is 4.88. The average molecular weight is 328 g/mol. The quantitative estimate of drug-likeness (QED) is 0.809. The summed E-state index contributed by atoms with van der Waals surface area (Å²) in [7, 11) is 2.09. The fourth-order valence-corrected chi connectivity index (χ4v) is 3.46. The molecule has 0 radical (unpaired) electrons. The van der Waals surface area contributed by atoms with Crippen LogP contribution in [0.1, 0.15) is 12.0 Å². The Bertz CT molecular complexity index is 552. The molecule has 0 aromatic heterocycles. The molecule has 2 aliphatic rings. The summed E-state index contributed by atoms with van der Waals surface area (Å²) in [5.74, 6) is 0. The molecule has 1 aromatic rings. The third-order valence-corrected chi connectivity index (χ3v) is 4.88. The van der Waals surface area contributed by atoms with Crippen molar-refractivity contribution < 1.29 is 4.79 Å². The van der Waals surface area contributed by atoms with Gasteiger partial charge in [0.1, 0.15) is 0 Å². The number of amides is 2. The van der Waals surface area contributed by atoms with E-state index in [1.54, 1.807) is 0 Å². The van der Waals surface area contributed by atoms with Crippen LogP contribution in [0, 0.1) is 0 Å². The van der Waals surface area contributed by atoms with E-state index in [-0.39, 0.29) is 6.03 Å². The van der Waals surface area contributed by atoms with Gasteiger partial charge in [-0.25, -0.2) is 4.79 Å². The first-order valence-corrected chi connectivity index (χ1v) is 8.86. The summed E-state index contributed by atoms with van der Waals surface area (Å²) < 4.78 is 0. The molecular formula is C19H28N4O. The van der Waals surface area contributed by atoms with Crippen molar-refractivity contribution in [2.45, 2.75) is 19.0 Å². The zero-order valence-corrected chi connectivity index (χ0v) is 14.5. The Morgan fingerprint density at radius 1 is 1.25 bits per heavy atom. The van der Waals surface area contributed by atoms with Crippen LogP contribution in [0.25, 0.3) is 0 Å². The lowest BCUT2D eigenvalue weighted by Gasteiger charge is -2.24. The van der Waals surface area contributed by atoms with E-state index >= 15 is 0 Å². The first-order chi connectivity index (χ1) is 11.7. The van der Waals surface area contributed by atoms with Gasteiger partial charge < -0.3 is 15.1 Å². The molecule has 0 bridgehead atoms. The zero-order chi connectivity index (χ0) is 16.8. The summed E-state index contributed by atoms with van der Waals surface area (Å²) in [5.41, 5.74) is 1.30. The molecule has 130 valence electrons. The van der Waals surface area contributed by atoms with Gasteiger partial charge in [-0.2, -0.15) is 0 Å². The number of nitrogens with one attached hydrogen (secondary N) is 1. The Hall–Kier alpha value is -1.85. The fourth-order valence-electron chi connectivity index (χ4n) is 3.46. The molecule has 0 spiro atoms. The molecule has 1 N–H and O–H groups in total. The highest BCUT2D eigenvalue weighted by molar-refractivity contribution is 5.74. The highest BCUT2D eigenvalue weighted by Crippen LogP contribution is 2.17. The first kappa shape index (κ1) is 17.0. The molecule has 1 aromatic carbocycles. The molecule has 5 heteroatoms. The SMILES string of the molecule is CN(CCNC(=O)N1CCC(N2CC=CC2)C1)Cc1ccccc1. The number of nitrogens with zero attached hydrogens (tertiary/aromatic N) is 3. The van der Waals surface area contributed by atoms with E-state index in [0.29, 0.717) is 12.6 Å². The van der Waals surface area contributed by atoms with E-state index in [1.807, 2.05) is 11.0 Å². The molecule has 24 heavy (non-hydrogen) atoms. The van der Waals surface area contributed by atoms with Crippen molar-refractivity contribution in [3.8, 4) is 0 Å². The van der Waals surface area contributed by atoms with E-state index in [1.165, 1.54) is 5.56 Å². The van der Waals surface area contributed by atoms with Gasteiger partial charge in [0.25, 0.3) is 0 Å². The first-order valence-electron chi connectivity index (χ1n) is 8.86. The van der Waals surface area contributed by atoms with E-state index < -0.39 is 0 Å². The number of carbonyl (C=O) groups is 1. The Kier molecular flexibility index (Phi) is 5.88. The van der Waals surface area contributed by atoms with Crippen LogP contribution in [0.3, 0.4) is 0 Å². The molecule has 0 aliphatic carbocycles. The standard InChI is InChI=1S/C19H28N4O/c1-21(15-17-7-3-2-4-8-17)14-10-20-19(24)23-13-9-18(16-23)22-11-5-6-12-22/h2-8,18H,9-16H2,1H3,(H,20,24). The molecule has 0 saturated carbocycles. The van der Waals surface area contributed by atoms with Crippen molar-refractivity contribution in [3.05, 3.63) is 48.0 Å². The van der Waals surface area contributed by atoms with Crippen LogP contribution in [-0.4, -0.2) is 73.1 Å². The molecular weight excluding hydrogens is 300 g/mol. The van der Waals surface area contributed by atoms with Crippen LogP contribution in [0.15, 0.2) is 42.5 Å². The van der Waals surface area contributed by atoms with Gasteiger partial charge in [-0.05, 0) is 19.0 Å². The van der Waals surface area contributed by atoms with Gasteiger partial charge in [-0.15, -0.1) is 0 Å². The predicted molar refractivity (Wildman–Crippen MR) is 96.9 cm³/mol. The van der Waals surface area contributed by atoms with Crippen molar-refractivity contribution in [1.82, 2.24) is 20.0 Å². The van der Waals surface area contributed by atoms with Crippen LogP contribution < -0.4 is 5.32 Å². The van der Waals surface area contributed by atoms with E-state index in [4.69, 9.17) is 0 Å². The Morgan fingerprint density at radius 3 is 2.75 bits per heavy atom. The van der Waals surface area contributed by atoms with Gasteiger partial charge in [0.15, 0.2) is 0 Å². The second kappa shape index (κ2) is 8.31. The molecule has 2 heterocycles. The summed E-state index contributed by atoms with van der Waals surface area (Å²) in [6.07, 6.45) is 5.51. The monoisotopic (exact) mass is 328 g/mol. The average Bonchev–Trinajstić information content (AvgIpc) is 3.27. The van der Waals surface area contributed by atoms with Crippen LogP contribution >= 0.6 is 0 Å². The van der Waals surface area contributed by atoms with Crippen LogP contribution in [0.5, 0.6) is 0 Å². The number of benzene rings is 1. The van der Waals surface area contributed by atoms with Crippen molar-refractivity contribution in [3.63, 3.8) is 0 Å². The van der Waals surface area contributed by atoms with Gasteiger partial charge in [0.2, 0.25) is 0 Å². The molecule has 1 fully saturated rings. The molecule has 2 aliphatic heterocycles. The molecule has 1 saturated heterocycles. The predicted octanol–water partition coefficient (Wildman–Crippen LogP) is 1.77. The molecule has 3 rings (SSSR count). The Morgan fingerprint density at radius 2 is 2.00 bits per heavy atom. The lowest BCUT2D eigenvalue weighted by molar-refractivity contribution is 0.198. The second-order valence-electron chi connectivity index (χ2n) is 6.77. The van der Waals surface area contributed by atoms with Crippen molar-refractivity contribution in [2.75, 3.05) is 46.3 Å². The van der Waals surface area contributed by atoms with Gasteiger partial charge in [0.05, 0.1) is 0 Å². The summed E-state index contributed by atoms with van der Waals surface area (Å²) in [6, 6.07) is 11.0. The van der Waals surface area contributed by atoms with E-state index in [2.05, 4.69) is 58.6 Å². The lowest BCUT2D eigenvalue weighted by Crippen LogP contribution is -2.43. The number of likely N-dealkylation sites (tertiary alicyclic amines) is 1. The van der Waals surface area contributed by atoms with Crippen molar-refractivity contribution in [2.24, 2.45) is 0 Å². The van der Waals surface area contributed by atoms with Gasteiger partial charge in [-0.3, -0.25) is 4.90 Å². The maximum atomic E-state index is 12.3. The summed E-state index contributed by atoms with van der Waals surface area (Å²) in [5, 5.41) is 3.06. The van der Waals surface area contributed by atoms with Crippen LogP contribution in [-0.2, 0) is 6.54 Å². The van der Waals surface area contributed by atoms with Gasteiger partial charge in [0, 0.05) is 51.9 Å². The Labute approximate surface area is 144 Å². The summed E-state index contributed by atoms with van der Waals surface area (Å²) >= 11 is 0. The van der Waals surface area contributed by atoms with E-state index in [0.717, 1.165) is 45.7 Å². The number of hydrogen-bond donors (Lipinski definition) is 1. The zero-order valence-electron chi connectivity index (χ0n) is 14.5. The normalized spacial score (nSPS) is 20.9. The highest BCUT2D eigenvalue weighted by Gasteiger charge is 2.30. The lowest BCUT2D eigenvalue weighted by atomic mass is 10.2. The second-order valence-corrected chi connectivity index (χ2v) is 6.77. The minimum absolute atomic E-state index is 0.0813. The maximum absolute atomic E-state index is 12.3. The van der Waals surface area contributed by atoms with Gasteiger partial charge >= 0.3 is 6.03 Å². The number of urea groups is 1. The molecule has 1 unspecified atom stereocenters. The smallest absolute Gasteiger partial charge is 0.317 e. The summed E-state index contributed by atoms with van der Waals surface area (Å²) in [4.78, 5) is 18.9. The number of hydrogen-bond acceptors (Lipinski definition) is 3. The number of rotatable bonds is 6. The number of carbonyl (C=O) groups excluding carboxylic acids is 1. The maximum Gasteiger partial charge on any atom is 0.317 e. The third kappa shape index (κ3) is 4.58. The molecule has 5 nitrogen and oxygen atoms in total. The largest absolute Gasteiger partial charge is 0.337 e. The topological polar surface area (TPSA) is 38.8 Å². The fraction of sp³-hybridized carbons (Fsp3) is 0.526. The number of likely N-dealkylation sites (N-methyl/N-ethyl adjacent to an activating group) is 1. The molecule has 2 amide bonds. The summed E-state index contributed by atoms with van der Waals surface area (Å²) in [6.45, 7) is 6.24. The van der Waals surface area contributed by atoms with E-state index in [9.17, 15) is 4.79 Å². The van der Waals surface area contributed by atoms with Crippen molar-refractivity contribution in [1.29, 1.82) is 0 Å². The minimum atomic E-state index is 0.0813. The van der Waals surface area contributed by atoms with Crippen LogP contribution in [0.2, 0.25) is 0 Å². The Balaban J connectivity index is 1.34. The highest BCUT2D eigenvalue weighted by atomic mass is 16.2. The van der Waals surface area contributed by atoms with Gasteiger partial charge in [-0.1, -0.05) is 42.5 Å². The van der Waals surface area contributed by atoms with Crippen molar-refractivity contribution >= 4 is 6.03 Å². The molecule has 1 atom stereocenters.